The van der Waals surface area contributed by atoms with Crippen LogP contribution in [0.5, 0.6) is 5.75 Å². The molecule has 0 bridgehead atoms. The SMILES string of the molecule is C=CCn1c(SCC(=O)Nc2cccc(C(F)(F)F)c2)nnc1C(C)Oc1ccc(Cl)cc1C. The summed E-state index contributed by atoms with van der Waals surface area (Å²) in [5.41, 5.74) is 0.0993. The summed E-state index contributed by atoms with van der Waals surface area (Å²) in [6.45, 7) is 7.84. The average Bonchev–Trinajstić information content (AvgIpc) is 3.17. The number of hydrogen-bond acceptors (Lipinski definition) is 5. The molecule has 1 N–H and O–H groups in total. The fourth-order valence-corrected chi connectivity index (χ4v) is 4.08. The molecule has 3 rings (SSSR count). The highest BCUT2D eigenvalue weighted by Gasteiger charge is 2.30. The molecule has 2 aromatic carbocycles. The second-order valence-electron chi connectivity index (χ2n) is 7.33. The second-order valence-corrected chi connectivity index (χ2v) is 8.70. The molecular weight excluding hydrogens is 489 g/mol. The minimum Gasteiger partial charge on any atom is -0.482 e. The Kier molecular flexibility index (Phi) is 8.27. The fraction of sp³-hybridized carbons (Fsp3) is 0.261. The van der Waals surface area contributed by atoms with Crippen LogP contribution in [0.1, 0.15) is 30.0 Å². The van der Waals surface area contributed by atoms with Crippen molar-refractivity contribution in [3.8, 4) is 5.75 Å². The van der Waals surface area contributed by atoms with Crippen LogP contribution in [0.15, 0.2) is 60.3 Å². The van der Waals surface area contributed by atoms with Crippen LogP contribution in [0.4, 0.5) is 18.9 Å². The Morgan fingerprint density at radius 3 is 2.74 bits per heavy atom. The number of nitrogens with zero attached hydrogens (tertiary/aromatic N) is 3. The standard InChI is InChI=1S/C23H22ClF3N4O2S/c1-4-10-31-21(15(3)33-19-9-8-17(24)11-14(19)2)29-30-22(31)34-13-20(32)28-18-7-5-6-16(12-18)23(25,26)27/h4-9,11-12,15H,1,10,13H2,2-3H3,(H,28,32). The summed E-state index contributed by atoms with van der Waals surface area (Å²) >= 11 is 7.11. The van der Waals surface area contributed by atoms with Crippen molar-refractivity contribution >= 4 is 35.0 Å². The molecule has 3 aromatic rings. The Morgan fingerprint density at radius 1 is 1.29 bits per heavy atom. The molecule has 1 atom stereocenters. The van der Waals surface area contributed by atoms with Crippen molar-refractivity contribution in [2.75, 3.05) is 11.1 Å². The summed E-state index contributed by atoms with van der Waals surface area (Å²) in [7, 11) is 0. The molecule has 6 nitrogen and oxygen atoms in total. The van der Waals surface area contributed by atoms with E-state index in [2.05, 4.69) is 22.1 Å². The summed E-state index contributed by atoms with van der Waals surface area (Å²) in [6, 6.07) is 9.77. The first-order valence-corrected chi connectivity index (χ1v) is 11.5. The molecule has 11 heteroatoms. The lowest BCUT2D eigenvalue weighted by molar-refractivity contribution is -0.137. The summed E-state index contributed by atoms with van der Waals surface area (Å²) in [4.78, 5) is 12.3. The molecule has 180 valence electrons. The van der Waals surface area contributed by atoms with Crippen LogP contribution in [-0.2, 0) is 17.5 Å². The summed E-state index contributed by atoms with van der Waals surface area (Å²) in [5.74, 6) is 0.645. The number of thioether (sulfide) groups is 1. The molecule has 1 heterocycles. The van der Waals surface area contributed by atoms with Gasteiger partial charge in [0.05, 0.1) is 11.3 Å². The van der Waals surface area contributed by atoms with Crippen molar-refractivity contribution in [2.24, 2.45) is 0 Å². The van der Waals surface area contributed by atoms with E-state index in [0.717, 1.165) is 29.5 Å². The Labute approximate surface area is 204 Å². The molecule has 0 fully saturated rings. The quantitative estimate of drug-likeness (QED) is 0.269. The third-order valence-electron chi connectivity index (χ3n) is 4.67. The molecule has 0 aliphatic rings. The van der Waals surface area contributed by atoms with Crippen LogP contribution < -0.4 is 10.1 Å². The zero-order valence-corrected chi connectivity index (χ0v) is 20.0. The lowest BCUT2D eigenvalue weighted by Gasteiger charge is -2.17. The van der Waals surface area contributed by atoms with Gasteiger partial charge in [-0.2, -0.15) is 13.2 Å². The number of carbonyl (C=O) groups excluding carboxylic acids is 1. The van der Waals surface area contributed by atoms with Gasteiger partial charge in [-0.15, -0.1) is 16.8 Å². The first-order valence-electron chi connectivity index (χ1n) is 10.1. The number of benzene rings is 2. The normalized spacial score (nSPS) is 12.3. The van der Waals surface area contributed by atoms with Gasteiger partial charge in [0.1, 0.15) is 5.75 Å². The van der Waals surface area contributed by atoms with Crippen LogP contribution in [0.3, 0.4) is 0 Å². The molecule has 0 aliphatic carbocycles. The number of carbonyl (C=O) groups is 1. The van der Waals surface area contributed by atoms with Crippen molar-refractivity contribution in [1.82, 2.24) is 14.8 Å². The number of hydrogen-bond donors (Lipinski definition) is 1. The molecule has 1 aromatic heterocycles. The van der Waals surface area contributed by atoms with E-state index >= 15 is 0 Å². The summed E-state index contributed by atoms with van der Waals surface area (Å²) in [6.07, 6.45) is -3.28. The van der Waals surface area contributed by atoms with Gasteiger partial charge in [0, 0.05) is 17.3 Å². The molecule has 0 spiro atoms. The van der Waals surface area contributed by atoms with E-state index in [1.807, 2.05) is 13.8 Å². The zero-order valence-electron chi connectivity index (χ0n) is 18.4. The van der Waals surface area contributed by atoms with E-state index in [-0.39, 0.29) is 11.4 Å². The van der Waals surface area contributed by atoms with Crippen molar-refractivity contribution in [3.05, 3.63) is 77.1 Å². The number of nitrogens with one attached hydrogen (secondary N) is 1. The third-order valence-corrected chi connectivity index (χ3v) is 5.87. The van der Waals surface area contributed by atoms with Gasteiger partial charge in [-0.1, -0.05) is 35.5 Å². The Balaban J connectivity index is 1.68. The number of anilines is 1. The number of alkyl halides is 3. The lowest BCUT2D eigenvalue weighted by atomic mass is 10.2. The van der Waals surface area contributed by atoms with Gasteiger partial charge in [-0.3, -0.25) is 9.36 Å². The number of halogens is 4. The predicted octanol–water partition coefficient (Wildman–Crippen LogP) is 6.32. The topological polar surface area (TPSA) is 69.0 Å². The highest BCUT2D eigenvalue weighted by atomic mass is 35.5. The number of rotatable bonds is 9. The van der Waals surface area contributed by atoms with E-state index in [0.29, 0.717) is 28.3 Å². The van der Waals surface area contributed by atoms with Gasteiger partial charge in [-0.25, -0.2) is 0 Å². The molecule has 1 unspecified atom stereocenters. The van der Waals surface area contributed by atoms with Gasteiger partial charge in [0.15, 0.2) is 17.1 Å². The highest BCUT2D eigenvalue weighted by molar-refractivity contribution is 7.99. The molecule has 0 aliphatic heterocycles. The predicted molar refractivity (Wildman–Crippen MR) is 126 cm³/mol. The molecule has 34 heavy (non-hydrogen) atoms. The number of ether oxygens (including phenoxy) is 1. The maximum atomic E-state index is 12.9. The van der Waals surface area contributed by atoms with Gasteiger partial charge < -0.3 is 10.1 Å². The van der Waals surface area contributed by atoms with Gasteiger partial charge in [0.25, 0.3) is 0 Å². The van der Waals surface area contributed by atoms with Crippen LogP contribution in [-0.4, -0.2) is 26.4 Å². The first-order chi connectivity index (χ1) is 16.1. The Bertz CT molecular complexity index is 1180. The maximum absolute atomic E-state index is 12.9. The van der Waals surface area contributed by atoms with E-state index in [1.165, 1.54) is 12.1 Å². The van der Waals surface area contributed by atoms with Crippen molar-refractivity contribution in [2.45, 2.75) is 37.8 Å². The Morgan fingerprint density at radius 2 is 2.06 bits per heavy atom. The smallest absolute Gasteiger partial charge is 0.416 e. The largest absolute Gasteiger partial charge is 0.482 e. The first kappa shape index (κ1) is 25.6. The van der Waals surface area contributed by atoms with Gasteiger partial charge in [-0.05, 0) is 55.8 Å². The molecule has 0 saturated carbocycles. The van der Waals surface area contributed by atoms with Crippen LogP contribution >= 0.6 is 23.4 Å². The van der Waals surface area contributed by atoms with E-state index < -0.39 is 23.8 Å². The van der Waals surface area contributed by atoms with Crippen molar-refractivity contribution < 1.29 is 22.7 Å². The van der Waals surface area contributed by atoms with Crippen molar-refractivity contribution in [1.29, 1.82) is 0 Å². The zero-order chi connectivity index (χ0) is 24.9. The molecule has 1 amide bonds. The number of aryl methyl sites for hydroxylation is 1. The highest BCUT2D eigenvalue weighted by Crippen LogP contribution is 2.31. The molecular formula is C23H22ClF3N4O2S. The van der Waals surface area contributed by atoms with Crippen LogP contribution in [0.2, 0.25) is 5.02 Å². The number of aromatic nitrogens is 3. The minimum atomic E-state index is -4.49. The maximum Gasteiger partial charge on any atom is 0.416 e. The van der Waals surface area contributed by atoms with Crippen LogP contribution in [0, 0.1) is 6.92 Å². The lowest BCUT2D eigenvalue weighted by Crippen LogP contribution is -2.16. The van der Waals surface area contributed by atoms with Crippen molar-refractivity contribution in [3.63, 3.8) is 0 Å². The van der Waals surface area contributed by atoms with Crippen LogP contribution in [0.25, 0.3) is 0 Å². The van der Waals surface area contributed by atoms with Gasteiger partial charge in [0.2, 0.25) is 5.91 Å². The average molecular weight is 511 g/mol. The monoisotopic (exact) mass is 510 g/mol. The summed E-state index contributed by atoms with van der Waals surface area (Å²) < 4.78 is 46.4. The van der Waals surface area contributed by atoms with E-state index in [4.69, 9.17) is 16.3 Å². The minimum absolute atomic E-state index is 0.0639. The number of allylic oxidation sites excluding steroid dienone is 1. The molecule has 0 radical (unpaired) electrons. The Hall–Kier alpha value is -2.98. The fourth-order valence-electron chi connectivity index (χ4n) is 3.10. The third kappa shape index (κ3) is 6.54. The van der Waals surface area contributed by atoms with E-state index in [9.17, 15) is 18.0 Å². The summed E-state index contributed by atoms with van der Waals surface area (Å²) in [5, 5.41) is 11.9. The molecule has 0 saturated heterocycles. The second kappa shape index (κ2) is 11.0. The number of amides is 1. The van der Waals surface area contributed by atoms with E-state index in [1.54, 1.807) is 28.8 Å². The van der Waals surface area contributed by atoms with Gasteiger partial charge >= 0.3 is 6.18 Å².